The van der Waals surface area contributed by atoms with E-state index in [0.29, 0.717) is 11.7 Å². The van der Waals surface area contributed by atoms with Crippen molar-refractivity contribution in [2.75, 3.05) is 0 Å². The van der Waals surface area contributed by atoms with E-state index in [9.17, 15) is 4.79 Å². The fraction of sp³-hybridized carbons (Fsp3) is 0.923. The van der Waals surface area contributed by atoms with E-state index in [1.807, 2.05) is 0 Å². The minimum absolute atomic E-state index is 0.130. The smallest absolute Gasteiger partial charge is 0.136 e. The van der Waals surface area contributed by atoms with Gasteiger partial charge in [-0.05, 0) is 23.2 Å². The first-order valence-electron chi connectivity index (χ1n) is 5.67. The predicted molar refractivity (Wildman–Crippen MR) is 60.1 cm³/mol. The molecule has 0 aromatic carbocycles. The van der Waals surface area contributed by atoms with Gasteiger partial charge in [-0.25, -0.2) is 0 Å². The Kier molecular flexibility index (Phi) is 2.82. The zero-order valence-corrected chi connectivity index (χ0v) is 10.5. The highest BCUT2D eigenvalue weighted by Crippen LogP contribution is 2.48. The average Bonchev–Trinajstić information content (AvgIpc) is 2.27. The first kappa shape index (κ1) is 11.7. The summed E-state index contributed by atoms with van der Waals surface area (Å²) in [6.07, 6.45) is 1.88. The van der Waals surface area contributed by atoms with Gasteiger partial charge in [0.05, 0.1) is 0 Å². The van der Waals surface area contributed by atoms with Crippen molar-refractivity contribution >= 4 is 5.78 Å². The first-order chi connectivity index (χ1) is 6.14. The second-order valence-corrected chi connectivity index (χ2v) is 6.82. The van der Waals surface area contributed by atoms with Crippen molar-refractivity contribution in [2.24, 2.45) is 22.7 Å². The van der Waals surface area contributed by atoms with Crippen LogP contribution < -0.4 is 0 Å². The van der Waals surface area contributed by atoms with Crippen LogP contribution in [-0.2, 0) is 4.79 Å². The summed E-state index contributed by atoms with van der Waals surface area (Å²) < 4.78 is 0. The van der Waals surface area contributed by atoms with Crippen molar-refractivity contribution in [1.29, 1.82) is 0 Å². The second-order valence-electron chi connectivity index (χ2n) is 6.82. The topological polar surface area (TPSA) is 17.1 Å². The van der Waals surface area contributed by atoms with Gasteiger partial charge in [0.1, 0.15) is 5.78 Å². The average molecular weight is 196 g/mol. The predicted octanol–water partition coefficient (Wildman–Crippen LogP) is 3.67. The number of Topliss-reactive ketones (excluding diaryl/α,β-unsaturated/α-hetero) is 1. The number of hydrogen-bond donors (Lipinski definition) is 0. The third kappa shape index (κ3) is 2.18. The van der Waals surface area contributed by atoms with Gasteiger partial charge in [0, 0.05) is 12.3 Å². The summed E-state index contributed by atoms with van der Waals surface area (Å²) in [6, 6.07) is 0. The third-order valence-electron chi connectivity index (χ3n) is 3.50. The van der Waals surface area contributed by atoms with Gasteiger partial charge in [-0.3, -0.25) is 4.79 Å². The van der Waals surface area contributed by atoms with Gasteiger partial charge >= 0.3 is 0 Å². The fourth-order valence-corrected chi connectivity index (χ4v) is 2.86. The van der Waals surface area contributed by atoms with Crippen LogP contribution in [0.5, 0.6) is 0 Å². The Morgan fingerprint density at radius 3 is 1.79 bits per heavy atom. The van der Waals surface area contributed by atoms with E-state index in [4.69, 9.17) is 0 Å². The van der Waals surface area contributed by atoms with Crippen LogP contribution in [0.25, 0.3) is 0 Å². The Balaban J connectivity index is 2.94. The van der Waals surface area contributed by atoms with Gasteiger partial charge in [0.15, 0.2) is 0 Å². The molecular formula is C13H24O. The van der Waals surface area contributed by atoms with Crippen molar-refractivity contribution in [3.8, 4) is 0 Å². The number of rotatable bonds is 0. The molecule has 82 valence electrons. The Morgan fingerprint density at radius 1 is 1.00 bits per heavy atom. The number of hydrogen-bond acceptors (Lipinski definition) is 1. The van der Waals surface area contributed by atoms with Gasteiger partial charge in [0.25, 0.3) is 0 Å². The summed E-state index contributed by atoms with van der Waals surface area (Å²) in [7, 11) is 0. The number of carbonyl (C=O) groups is 1. The van der Waals surface area contributed by atoms with E-state index in [1.54, 1.807) is 0 Å². The highest BCUT2D eigenvalue weighted by atomic mass is 16.1. The largest absolute Gasteiger partial charge is 0.299 e. The summed E-state index contributed by atoms with van der Waals surface area (Å²) in [5, 5.41) is 0. The summed E-state index contributed by atoms with van der Waals surface area (Å²) in [5.74, 6) is 1.31. The van der Waals surface area contributed by atoms with Crippen LogP contribution in [0.1, 0.15) is 54.4 Å². The standard InChI is InChI=1S/C13H24O/c1-12(2,3)9-7-8-10(14)11(9)13(4,5)6/h9,11H,7-8H2,1-6H3. The van der Waals surface area contributed by atoms with Gasteiger partial charge in [0.2, 0.25) is 0 Å². The summed E-state index contributed by atoms with van der Waals surface area (Å²) in [5.41, 5.74) is 0.398. The van der Waals surface area contributed by atoms with Gasteiger partial charge in [-0.2, -0.15) is 0 Å². The molecule has 0 heterocycles. The van der Waals surface area contributed by atoms with Crippen molar-refractivity contribution in [1.82, 2.24) is 0 Å². The molecule has 1 rings (SSSR count). The van der Waals surface area contributed by atoms with Gasteiger partial charge in [-0.1, -0.05) is 41.5 Å². The van der Waals surface area contributed by atoms with Crippen molar-refractivity contribution < 1.29 is 4.79 Å². The number of ketones is 1. The molecule has 0 spiro atoms. The Morgan fingerprint density at radius 2 is 1.50 bits per heavy atom. The molecule has 0 aromatic rings. The molecule has 0 bridgehead atoms. The fourth-order valence-electron chi connectivity index (χ4n) is 2.86. The zero-order chi connectivity index (χ0) is 11.1. The van der Waals surface area contributed by atoms with E-state index in [0.717, 1.165) is 12.8 Å². The molecule has 2 atom stereocenters. The molecule has 1 saturated carbocycles. The molecule has 0 radical (unpaired) electrons. The molecule has 1 nitrogen and oxygen atoms in total. The van der Waals surface area contributed by atoms with Crippen LogP contribution in [0.15, 0.2) is 0 Å². The molecule has 0 N–H and O–H groups in total. The highest BCUT2D eigenvalue weighted by molar-refractivity contribution is 5.84. The van der Waals surface area contributed by atoms with Crippen LogP contribution >= 0.6 is 0 Å². The third-order valence-corrected chi connectivity index (χ3v) is 3.50. The van der Waals surface area contributed by atoms with Crippen LogP contribution in [-0.4, -0.2) is 5.78 Å². The van der Waals surface area contributed by atoms with E-state index in [-0.39, 0.29) is 16.7 Å². The molecule has 1 heteroatoms. The van der Waals surface area contributed by atoms with E-state index >= 15 is 0 Å². The molecule has 0 aliphatic heterocycles. The lowest BCUT2D eigenvalue weighted by molar-refractivity contribution is -0.125. The maximum Gasteiger partial charge on any atom is 0.136 e. The summed E-state index contributed by atoms with van der Waals surface area (Å²) in [4.78, 5) is 11.9. The van der Waals surface area contributed by atoms with E-state index in [1.165, 1.54) is 0 Å². The van der Waals surface area contributed by atoms with Gasteiger partial charge < -0.3 is 0 Å². The molecule has 2 unspecified atom stereocenters. The van der Waals surface area contributed by atoms with Crippen LogP contribution in [0.3, 0.4) is 0 Å². The molecule has 14 heavy (non-hydrogen) atoms. The van der Waals surface area contributed by atoms with E-state index < -0.39 is 0 Å². The Hall–Kier alpha value is -0.330. The minimum atomic E-state index is 0.130. The minimum Gasteiger partial charge on any atom is -0.299 e. The Labute approximate surface area is 88.3 Å². The normalized spacial score (nSPS) is 29.7. The molecule has 0 saturated heterocycles. The molecule has 1 fully saturated rings. The SMILES string of the molecule is CC(C)(C)C1CCC(=O)C1C(C)(C)C. The van der Waals surface area contributed by atoms with Crippen LogP contribution in [0.4, 0.5) is 0 Å². The summed E-state index contributed by atoms with van der Waals surface area (Å²) in [6.45, 7) is 13.4. The highest BCUT2D eigenvalue weighted by Gasteiger charge is 2.46. The lowest BCUT2D eigenvalue weighted by Crippen LogP contribution is -2.35. The molecular weight excluding hydrogens is 172 g/mol. The summed E-state index contributed by atoms with van der Waals surface area (Å²) >= 11 is 0. The van der Waals surface area contributed by atoms with Crippen molar-refractivity contribution in [2.45, 2.75) is 54.4 Å². The molecule has 1 aliphatic rings. The maximum atomic E-state index is 11.9. The zero-order valence-electron chi connectivity index (χ0n) is 10.5. The first-order valence-corrected chi connectivity index (χ1v) is 5.67. The molecule has 0 aromatic heterocycles. The maximum absolute atomic E-state index is 11.9. The monoisotopic (exact) mass is 196 g/mol. The van der Waals surface area contributed by atoms with Gasteiger partial charge in [-0.15, -0.1) is 0 Å². The van der Waals surface area contributed by atoms with E-state index in [2.05, 4.69) is 41.5 Å². The Bertz CT molecular complexity index is 227. The van der Waals surface area contributed by atoms with Crippen LogP contribution in [0, 0.1) is 22.7 Å². The number of carbonyl (C=O) groups excluding carboxylic acids is 1. The second kappa shape index (κ2) is 3.36. The molecule has 0 amide bonds. The quantitative estimate of drug-likeness (QED) is 0.577. The molecule has 1 aliphatic carbocycles. The lowest BCUT2D eigenvalue weighted by atomic mass is 9.66. The van der Waals surface area contributed by atoms with Crippen molar-refractivity contribution in [3.63, 3.8) is 0 Å². The van der Waals surface area contributed by atoms with Crippen LogP contribution in [0.2, 0.25) is 0 Å². The van der Waals surface area contributed by atoms with Crippen molar-refractivity contribution in [3.05, 3.63) is 0 Å². The lowest BCUT2D eigenvalue weighted by Gasteiger charge is -2.38.